The number of aryl methyl sites for hydroxylation is 1. The number of hydrogen-bond acceptors (Lipinski definition) is 6. The highest BCUT2D eigenvalue weighted by atomic mass is 16.2. The van der Waals surface area contributed by atoms with Gasteiger partial charge in [-0.2, -0.15) is 10.1 Å². The maximum Gasteiger partial charge on any atom is 0.251 e. The first-order chi connectivity index (χ1) is 15.9. The first-order valence-electron chi connectivity index (χ1n) is 10.7. The number of benzene rings is 1. The molecule has 0 saturated carbocycles. The number of nitrogens with one attached hydrogen (secondary N) is 1. The molecule has 10 heteroatoms. The Morgan fingerprint density at radius 2 is 1.97 bits per heavy atom. The van der Waals surface area contributed by atoms with Gasteiger partial charge in [-0.1, -0.05) is 6.92 Å². The number of anilines is 3. The summed E-state index contributed by atoms with van der Waals surface area (Å²) in [5.41, 5.74) is 2.08. The van der Waals surface area contributed by atoms with E-state index in [1.54, 1.807) is 35.9 Å². The molecule has 0 saturated heterocycles. The Morgan fingerprint density at radius 1 is 1.15 bits per heavy atom. The van der Waals surface area contributed by atoms with Crippen LogP contribution in [0.4, 0.5) is 17.3 Å². The summed E-state index contributed by atoms with van der Waals surface area (Å²) in [5, 5.41) is 8.08. The van der Waals surface area contributed by atoms with Crippen molar-refractivity contribution in [3.05, 3.63) is 54.5 Å². The molecule has 5 rings (SSSR count). The van der Waals surface area contributed by atoms with Crippen LogP contribution in [0.5, 0.6) is 0 Å². The summed E-state index contributed by atoms with van der Waals surface area (Å²) in [4.78, 5) is 38.0. The van der Waals surface area contributed by atoms with E-state index in [2.05, 4.69) is 15.4 Å². The van der Waals surface area contributed by atoms with Gasteiger partial charge in [-0.05, 0) is 30.7 Å². The minimum atomic E-state index is -0.420. The molecule has 1 aromatic carbocycles. The summed E-state index contributed by atoms with van der Waals surface area (Å²) in [6.07, 6.45) is 5.99. The van der Waals surface area contributed by atoms with Gasteiger partial charge in [0.1, 0.15) is 11.7 Å². The zero-order chi connectivity index (χ0) is 23.3. The lowest BCUT2D eigenvalue weighted by molar-refractivity contribution is -0.119. The number of carbonyl (C=O) groups excluding carboxylic acids is 2. The third kappa shape index (κ3) is 3.22. The van der Waals surface area contributed by atoms with Gasteiger partial charge < -0.3 is 10.2 Å². The molecule has 33 heavy (non-hydrogen) atoms. The molecule has 1 aliphatic rings. The molecule has 0 spiro atoms. The van der Waals surface area contributed by atoms with Gasteiger partial charge in [0.05, 0.1) is 11.7 Å². The normalized spacial score (nSPS) is 15.8. The number of rotatable bonds is 4. The van der Waals surface area contributed by atoms with Gasteiger partial charge in [-0.25, -0.2) is 4.98 Å². The minimum Gasteiger partial charge on any atom is -0.355 e. The highest BCUT2D eigenvalue weighted by Gasteiger charge is 2.39. The average Bonchev–Trinajstić information content (AvgIpc) is 3.45. The van der Waals surface area contributed by atoms with Gasteiger partial charge in [-0.3, -0.25) is 23.7 Å². The lowest BCUT2D eigenvalue weighted by Crippen LogP contribution is -2.50. The molecule has 4 aromatic rings. The van der Waals surface area contributed by atoms with Crippen LogP contribution < -0.4 is 15.1 Å². The molecule has 0 fully saturated rings. The van der Waals surface area contributed by atoms with E-state index in [0.717, 1.165) is 10.9 Å². The molecule has 1 unspecified atom stereocenters. The lowest BCUT2D eigenvalue weighted by Gasteiger charge is -2.39. The molecule has 1 atom stereocenters. The van der Waals surface area contributed by atoms with Crippen molar-refractivity contribution in [2.75, 3.05) is 23.9 Å². The Labute approximate surface area is 190 Å². The molecule has 0 aliphatic carbocycles. The van der Waals surface area contributed by atoms with E-state index in [4.69, 9.17) is 4.98 Å². The van der Waals surface area contributed by atoms with Crippen LogP contribution >= 0.6 is 0 Å². The quantitative estimate of drug-likeness (QED) is 0.519. The highest BCUT2D eigenvalue weighted by molar-refractivity contribution is 6.06. The number of nitrogens with zero attached hydrogens (tertiary/aromatic N) is 7. The Hall–Kier alpha value is -4.21. The van der Waals surface area contributed by atoms with Gasteiger partial charge in [0, 0.05) is 50.6 Å². The van der Waals surface area contributed by atoms with Crippen molar-refractivity contribution in [1.82, 2.24) is 29.6 Å². The van der Waals surface area contributed by atoms with Crippen molar-refractivity contribution in [1.29, 1.82) is 0 Å². The van der Waals surface area contributed by atoms with Crippen molar-refractivity contribution in [3.8, 4) is 5.95 Å². The van der Waals surface area contributed by atoms with Crippen LogP contribution in [0.15, 0.2) is 48.9 Å². The molecule has 4 heterocycles. The fraction of sp³-hybridized carbons (Fsp3) is 0.261. The number of carbonyl (C=O) groups is 2. The number of hydrogen-bond donors (Lipinski definition) is 1. The summed E-state index contributed by atoms with van der Waals surface area (Å²) >= 11 is 0. The lowest BCUT2D eigenvalue weighted by atomic mass is 10.1. The smallest absolute Gasteiger partial charge is 0.251 e. The van der Waals surface area contributed by atoms with Crippen molar-refractivity contribution < 1.29 is 9.59 Å². The van der Waals surface area contributed by atoms with E-state index >= 15 is 0 Å². The second-order valence-electron chi connectivity index (χ2n) is 7.96. The zero-order valence-corrected chi connectivity index (χ0v) is 18.9. The van der Waals surface area contributed by atoms with Gasteiger partial charge in [-0.15, -0.1) is 0 Å². The third-order valence-corrected chi connectivity index (χ3v) is 5.98. The predicted octanol–water partition coefficient (Wildman–Crippen LogP) is 2.41. The van der Waals surface area contributed by atoms with Crippen LogP contribution in [0.25, 0.3) is 16.9 Å². The fourth-order valence-electron chi connectivity index (χ4n) is 4.25. The molecule has 0 radical (unpaired) electrons. The molecule has 0 bridgehead atoms. The summed E-state index contributed by atoms with van der Waals surface area (Å²) < 4.78 is 3.58. The maximum atomic E-state index is 13.1. The fourth-order valence-corrected chi connectivity index (χ4v) is 4.25. The van der Waals surface area contributed by atoms with Gasteiger partial charge in [0.15, 0.2) is 11.6 Å². The Balaban J connectivity index is 1.66. The van der Waals surface area contributed by atoms with E-state index in [1.807, 2.05) is 60.1 Å². The maximum absolute atomic E-state index is 13.1. The van der Waals surface area contributed by atoms with Crippen molar-refractivity contribution in [2.24, 2.45) is 7.05 Å². The topological polar surface area (TPSA) is 101 Å². The molecule has 168 valence electrons. The minimum absolute atomic E-state index is 0.0276. The molecule has 10 nitrogen and oxygen atoms in total. The van der Waals surface area contributed by atoms with Crippen LogP contribution in [0.1, 0.15) is 23.7 Å². The second kappa shape index (κ2) is 7.73. The molecule has 1 aliphatic heterocycles. The van der Waals surface area contributed by atoms with E-state index in [-0.39, 0.29) is 11.8 Å². The van der Waals surface area contributed by atoms with Crippen LogP contribution in [0.2, 0.25) is 0 Å². The van der Waals surface area contributed by atoms with Crippen molar-refractivity contribution >= 4 is 40.0 Å². The molecular formula is C23H24N8O2. The summed E-state index contributed by atoms with van der Waals surface area (Å²) in [6, 6.07) is 8.86. The van der Waals surface area contributed by atoms with Gasteiger partial charge >= 0.3 is 0 Å². The monoisotopic (exact) mass is 444 g/mol. The van der Waals surface area contributed by atoms with Gasteiger partial charge in [0.2, 0.25) is 11.9 Å². The largest absolute Gasteiger partial charge is 0.355 e. The highest BCUT2D eigenvalue weighted by Crippen LogP contribution is 2.39. The molecule has 1 N–H and O–H groups in total. The molecule has 3 aromatic heterocycles. The third-order valence-electron chi connectivity index (χ3n) is 5.98. The first kappa shape index (κ1) is 20.7. The number of aromatic nitrogens is 5. The van der Waals surface area contributed by atoms with E-state index < -0.39 is 6.04 Å². The Kier molecular flexibility index (Phi) is 4.85. The Morgan fingerprint density at radius 3 is 2.67 bits per heavy atom. The molecular weight excluding hydrogens is 420 g/mol. The van der Waals surface area contributed by atoms with Gasteiger partial charge in [0.25, 0.3) is 5.91 Å². The Bertz CT molecular complexity index is 1390. The zero-order valence-electron chi connectivity index (χ0n) is 18.9. The standard InChI is InChI=1S/C23H24N8O2/c1-5-16-22(33)29(4)18-13-25-23(26-20(18)31(16)19-9-10-28(3)27-19)30-11-8-14-12-15(21(32)24-2)6-7-17(14)30/h6-13,16H,5H2,1-4H3,(H,24,32). The van der Waals surface area contributed by atoms with E-state index in [0.29, 0.717) is 35.3 Å². The van der Waals surface area contributed by atoms with Crippen molar-refractivity contribution in [2.45, 2.75) is 19.4 Å². The summed E-state index contributed by atoms with van der Waals surface area (Å²) in [6.45, 7) is 1.98. The van der Waals surface area contributed by atoms with Crippen LogP contribution in [-0.4, -0.2) is 56.3 Å². The molecule has 2 amide bonds. The van der Waals surface area contributed by atoms with E-state index in [1.165, 1.54) is 0 Å². The number of likely N-dealkylation sites (N-methyl/N-ethyl adjacent to an activating group) is 1. The number of fused-ring (bicyclic) bond motifs is 2. The van der Waals surface area contributed by atoms with Crippen LogP contribution in [0.3, 0.4) is 0 Å². The van der Waals surface area contributed by atoms with Crippen molar-refractivity contribution in [3.63, 3.8) is 0 Å². The first-order valence-corrected chi connectivity index (χ1v) is 10.7. The van der Waals surface area contributed by atoms with E-state index in [9.17, 15) is 9.59 Å². The van der Waals surface area contributed by atoms with Crippen LogP contribution in [-0.2, 0) is 11.8 Å². The second-order valence-corrected chi connectivity index (χ2v) is 7.96. The van der Waals surface area contributed by atoms with Crippen LogP contribution in [0, 0.1) is 0 Å². The summed E-state index contributed by atoms with van der Waals surface area (Å²) in [7, 11) is 5.19. The average molecular weight is 444 g/mol. The summed E-state index contributed by atoms with van der Waals surface area (Å²) in [5.74, 6) is 1.58. The SMILES string of the molecule is CCC1C(=O)N(C)c2cnc(-n3ccc4cc(C(=O)NC)ccc43)nc2N1c1ccn(C)n1. The predicted molar refractivity (Wildman–Crippen MR) is 125 cm³/mol. The number of amides is 2.